The summed E-state index contributed by atoms with van der Waals surface area (Å²) >= 11 is 0. The first kappa shape index (κ1) is 16.3. The quantitative estimate of drug-likeness (QED) is 0.917. The lowest BCUT2D eigenvalue weighted by atomic mass is 9.96. The summed E-state index contributed by atoms with van der Waals surface area (Å²) in [6.45, 7) is 2.94. The molecule has 1 amide bonds. The molecule has 0 fully saturated rings. The number of anilines is 2. The Hall–Kier alpha value is -2.56. The first-order valence-electron chi connectivity index (χ1n) is 8.32. The number of methoxy groups -OCH3 is 1. The predicted octanol–water partition coefficient (Wildman–Crippen LogP) is 3.26. The maximum Gasteiger partial charge on any atom is 0.226 e. The lowest BCUT2D eigenvalue weighted by Gasteiger charge is -2.37. The van der Waals surface area contributed by atoms with Crippen molar-refractivity contribution >= 4 is 17.3 Å². The molecule has 1 aliphatic rings. The molecule has 2 aromatic rings. The third-order valence-corrected chi connectivity index (χ3v) is 4.47. The van der Waals surface area contributed by atoms with Gasteiger partial charge in [0.2, 0.25) is 11.8 Å². The average molecular weight is 325 g/mol. The van der Waals surface area contributed by atoms with Crippen LogP contribution in [-0.2, 0) is 11.2 Å². The van der Waals surface area contributed by atoms with Crippen LogP contribution in [0.25, 0.3) is 0 Å². The highest BCUT2D eigenvalue weighted by Crippen LogP contribution is 2.30. The molecule has 5 heteroatoms. The highest BCUT2D eigenvalue weighted by atomic mass is 16.5. The van der Waals surface area contributed by atoms with E-state index in [1.165, 1.54) is 11.3 Å². The summed E-state index contributed by atoms with van der Waals surface area (Å²) in [6.07, 6.45) is 4.29. The zero-order valence-corrected chi connectivity index (χ0v) is 14.2. The Kier molecular flexibility index (Phi) is 4.99. The maximum absolute atomic E-state index is 12.2. The Morgan fingerprint density at radius 1 is 1.33 bits per heavy atom. The van der Waals surface area contributed by atoms with Crippen LogP contribution in [0.2, 0.25) is 0 Å². The number of hydrogen-bond acceptors (Lipinski definition) is 4. The van der Waals surface area contributed by atoms with Crippen molar-refractivity contribution in [1.29, 1.82) is 0 Å². The summed E-state index contributed by atoms with van der Waals surface area (Å²) in [5.74, 6) is 0.531. The van der Waals surface area contributed by atoms with Crippen LogP contribution >= 0.6 is 0 Å². The standard InChI is InChI=1S/C19H23N3O2/c1-14-7-8-15-5-3-4-6-17(15)22(14)12-11-18(23)21-16-9-10-19(24-2)20-13-16/h3-6,9-10,13-14H,7-8,11-12H2,1-2H3,(H,21,23)/t14-/m1/s1. The number of carbonyl (C=O) groups excluding carboxylic acids is 1. The van der Waals surface area contributed by atoms with Crippen molar-refractivity contribution in [2.24, 2.45) is 0 Å². The van der Waals surface area contributed by atoms with E-state index in [2.05, 4.69) is 46.4 Å². The van der Waals surface area contributed by atoms with Gasteiger partial charge in [0.25, 0.3) is 0 Å². The van der Waals surface area contributed by atoms with Crippen LogP contribution in [0.15, 0.2) is 42.6 Å². The van der Waals surface area contributed by atoms with E-state index in [9.17, 15) is 4.79 Å². The second kappa shape index (κ2) is 7.34. The van der Waals surface area contributed by atoms with Crippen molar-refractivity contribution in [3.63, 3.8) is 0 Å². The van der Waals surface area contributed by atoms with Crippen LogP contribution in [0.1, 0.15) is 25.3 Å². The van der Waals surface area contributed by atoms with Crippen molar-refractivity contribution in [2.45, 2.75) is 32.2 Å². The molecule has 1 atom stereocenters. The van der Waals surface area contributed by atoms with Crippen LogP contribution < -0.4 is 15.0 Å². The number of ether oxygens (including phenoxy) is 1. The first-order chi connectivity index (χ1) is 11.7. The number of aryl methyl sites for hydroxylation is 1. The molecule has 2 heterocycles. The van der Waals surface area contributed by atoms with E-state index in [1.54, 1.807) is 25.4 Å². The van der Waals surface area contributed by atoms with Gasteiger partial charge in [-0.3, -0.25) is 4.79 Å². The van der Waals surface area contributed by atoms with Gasteiger partial charge < -0.3 is 15.0 Å². The number of amides is 1. The van der Waals surface area contributed by atoms with E-state index in [0.717, 1.165) is 12.8 Å². The molecule has 0 spiro atoms. The minimum Gasteiger partial charge on any atom is -0.481 e. The lowest BCUT2D eigenvalue weighted by molar-refractivity contribution is -0.116. The van der Waals surface area contributed by atoms with Gasteiger partial charge in [0.15, 0.2) is 0 Å². The zero-order valence-electron chi connectivity index (χ0n) is 14.2. The number of fused-ring (bicyclic) bond motifs is 1. The largest absolute Gasteiger partial charge is 0.481 e. The fourth-order valence-electron chi connectivity index (χ4n) is 3.12. The van der Waals surface area contributed by atoms with Crippen LogP contribution in [0, 0.1) is 0 Å². The number of para-hydroxylation sites is 1. The minimum absolute atomic E-state index is 0.00257. The van der Waals surface area contributed by atoms with Crippen LogP contribution in [0.4, 0.5) is 11.4 Å². The summed E-state index contributed by atoms with van der Waals surface area (Å²) in [4.78, 5) is 18.7. The molecule has 1 aromatic heterocycles. The van der Waals surface area contributed by atoms with Gasteiger partial charge in [-0.1, -0.05) is 18.2 Å². The second-order valence-corrected chi connectivity index (χ2v) is 6.10. The smallest absolute Gasteiger partial charge is 0.226 e. The number of benzene rings is 1. The molecule has 0 saturated heterocycles. The molecule has 0 aliphatic carbocycles. The van der Waals surface area contributed by atoms with Gasteiger partial charge in [0.1, 0.15) is 0 Å². The van der Waals surface area contributed by atoms with Gasteiger partial charge >= 0.3 is 0 Å². The molecule has 24 heavy (non-hydrogen) atoms. The summed E-state index contributed by atoms with van der Waals surface area (Å²) in [5, 5.41) is 2.89. The highest BCUT2D eigenvalue weighted by Gasteiger charge is 2.22. The Balaban J connectivity index is 1.59. The van der Waals surface area contributed by atoms with Crippen molar-refractivity contribution < 1.29 is 9.53 Å². The average Bonchev–Trinajstić information content (AvgIpc) is 2.61. The summed E-state index contributed by atoms with van der Waals surface area (Å²) in [5.41, 5.74) is 3.32. The molecular formula is C19H23N3O2. The van der Waals surface area contributed by atoms with E-state index in [-0.39, 0.29) is 5.91 Å². The molecule has 126 valence electrons. The first-order valence-corrected chi connectivity index (χ1v) is 8.32. The monoisotopic (exact) mass is 325 g/mol. The maximum atomic E-state index is 12.2. The Labute approximate surface area is 142 Å². The van der Waals surface area contributed by atoms with E-state index in [0.29, 0.717) is 30.6 Å². The number of carbonyl (C=O) groups is 1. The molecule has 0 radical (unpaired) electrons. The van der Waals surface area contributed by atoms with Gasteiger partial charge in [0, 0.05) is 30.8 Å². The van der Waals surface area contributed by atoms with Gasteiger partial charge in [0.05, 0.1) is 19.0 Å². The number of aromatic nitrogens is 1. The SMILES string of the molecule is COc1ccc(NC(=O)CCN2c3ccccc3CC[C@H]2C)cn1. The number of rotatable bonds is 5. The third kappa shape index (κ3) is 3.67. The normalized spacial score (nSPS) is 16.4. The molecule has 1 N–H and O–H groups in total. The van der Waals surface area contributed by atoms with E-state index < -0.39 is 0 Å². The van der Waals surface area contributed by atoms with Crippen molar-refractivity contribution in [3.8, 4) is 5.88 Å². The Bertz CT molecular complexity index is 700. The second-order valence-electron chi connectivity index (χ2n) is 6.10. The van der Waals surface area contributed by atoms with Crippen LogP contribution in [0.3, 0.4) is 0 Å². The molecule has 5 nitrogen and oxygen atoms in total. The summed E-state index contributed by atoms with van der Waals surface area (Å²) < 4.78 is 5.02. The van der Waals surface area contributed by atoms with Gasteiger partial charge in [-0.25, -0.2) is 4.98 Å². The fourth-order valence-corrected chi connectivity index (χ4v) is 3.12. The summed E-state index contributed by atoms with van der Waals surface area (Å²) in [7, 11) is 1.57. The van der Waals surface area contributed by atoms with Crippen molar-refractivity contribution in [2.75, 3.05) is 23.9 Å². The zero-order chi connectivity index (χ0) is 16.9. The molecule has 0 saturated carbocycles. The van der Waals surface area contributed by atoms with Crippen LogP contribution in [-0.4, -0.2) is 30.6 Å². The van der Waals surface area contributed by atoms with Gasteiger partial charge in [-0.2, -0.15) is 0 Å². The van der Waals surface area contributed by atoms with E-state index in [4.69, 9.17) is 4.74 Å². The minimum atomic E-state index is -0.00257. The number of nitrogens with one attached hydrogen (secondary N) is 1. The number of pyridine rings is 1. The third-order valence-electron chi connectivity index (χ3n) is 4.47. The molecule has 0 bridgehead atoms. The lowest BCUT2D eigenvalue weighted by Crippen LogP contribution is -2.39. The van der Waals surface area contributed by atoms with Crippen LogP contribution in [0.5, 0.6) is 5.88 Å². The Morgan fingerprint density at radius 2 is 2.17 bits per heavy atom. The predicted molar refractivity (Wildman–Crippen MR) is 95.6 cm³/mol. The topological polar surface area (TPSA) is 54.5 Å². The molecule has 1 aromatic carbocycles. The van der Waals surface area contributed by atoms with Gasteiger partial charge in [-0.15, -0.1) is 0 Å². The fraction of sp³-hybridized carbons (Fsp3) is 0.368. The molecule has 0 unspecified atom stereocenters. The molecule has 3 rings (SSSR count). The van der Waals surface area contributed by atoms with Crippen molar-refractivity contribution in [3.05, 3.63) is 48.2 Å². The van der Waals surface area contributed by atoms with Crippen molar-refractivity contribution in [1.82, 2.24) is 4.98 Å². The Morgan fingerprint density at radius 3 is 2.92 bits per heavy atom. The molecule has 1 aliphatic heterocycles. The molecular weight excluding hydrogens is 302 g/mol. The van der Waals surface area contributed by atoms with E-state index >= 15 is 0 Å². The number of hydrogen-bond donors (Lipinski definition) is 1. The number of nitrogens with zero attached hydrogens (tertiary/aromatic N) is 2. The van der Waals surface area contributed by atoms with E-state index in [1.807, 2.05) is 0 Å². The van der Waals surface area contributed by atoms with Gasteiger partial charge in [-0.05, 0) is 37.5 Å². The summed E-state index contributed by atoms with van der Waals surface area (Å²) in [6, 6.07) is 12.5. The highest BCUT2D eigenvalue weighted by molar-refractivity contribution is 5.90.